The molecule has 0 aliphatic carbocycles. The van der Waals surface area contributed by atoms with Crippen molar-refractivity contribution in [3.8, 4) is 17.1 Å². The van der Waals surface area contributed by atoms with Crippen LogP contribution in [-0.4, -0.2) is 44.9 Å². The van der Waals surface area contributed by atoms with Crippen LogP contribution >= 0.6 is 0 Å². The van der Waals surface area contributed by atoms with Crippen molar-refractivity contribution in [1.29, 1.82) is 0 Å². The van der Waals surface area contributed by atoms with Crippen molar-refractivity contribution in [3.63, 3.8) is 0 Å². The molecule has 0 aliphatic rings. The first-order valence-corrected chi connectivity index (χ1v) is 10.8. The van der Waals surface area contributed by atoms with Gasteiger partial charge in [0.2, 0.25) is 21.7 Å². The molecule has 9 nitrogen and oxygen atoms in total. The summed E-state index contributed by atoms with van der Waals surface area (Å²) in [6.45, 7) is 1.80. The van der Waals surface area contributed by atoms with E-state index in [2.05, 4.69) is 15.5 Å². The number of nitrogens with zero attached hydrogens (tertiary/aromatic N) is 3. The lowest BCUT2D eigenvalue weighted by molar-refractivity contribution is 0.0946. The topological polar surface area (TPSA) is 115 Å². The van der Waals surface area contributed by atoms with E-state index in [-0.39, 0.29) is 18.3 Å². The van der Waals surface area contributed by atoms with Gasteiger partial charge in [0.25, 0.3) is 5.91 Å². The Morgan fingerprint density at radius 3 is 2.67 bits per heavy atom. The second-order valence-electron chi connectivity index (χ2n) is 6.66. The van der Waals surface area contributed by atoms with Crippen molar-refractivity contribution in [3.05, 3.63) is 59.5 Å². The Morgan fingerprint density at radius 1 is 1.23 bits per heavy atom. The lowest BCUT2D eigenvalue weighted by Crippen LogP contribution is -2.26. The quantitative estimate of drug-likeness (QED) is 0.612. The normalized spacial score (nSPS) is 11.2. The highest BCUT2D eigenvalue weighted by Crippen LogP contribution is 2.23. The summed E-state index contributed by atoms with van der Waals surface area (Å²) < 4.78 is 35.0. The average Bonchev–Trinajstić information content (AvgIpc) is 3.20. The van der Waals surface area contributed by atoms with Crippen LogP contribution in [0.5, 0.6) is 5.75 Å². The molecular formula is C20H22N4O5S. The molecule has 158 valence electrons. The zero-order chi connectivity index (χ0) is 21.9. The van der Waals surface area contributed by atoms with Gasteiger partial charge >= 0.3 is 0 Å². The standard InChI is InChI=1S/C20H22N4O5S/c1-13-10-15(8-9-17(13)24(2)30(4,26)27)20(25)21-12-18-22-19(23-29-18)14-6-5-7-16(11-14)28-3/h5-11H,12H2,1-4H3,(H,21,25). The van der Waals surface area contributed by atoms with Gasteiger partial charge in [-0.3, -0.25) is 9.10 Å². The maximum Gasteiger partial charge on any atom is 0.251 e. The molecule has 10 heteroatoms. The van der Waals surface area contributed by atoms with Crippen LogP contribution in [0.2, 0.25) is 0 Å². The Bertz CT molecular complexity index is 1170. The minimum absolute atomic E-state index is 0.0554. The molecule has 0 aliphatic heterocycles. The highest BCUT2D eigenvalue weighted by molar-refractivity contribution is 7.92. The molecule has 0 spiro atoms. The number of hydrogen-bond acceptors (Lipinski definition) is 7. The summed E-state index contributed by atoms with van der Waals surface area (Å²) in [5.74, 6) is 0.980. The number of carbonyl (C=O) groups excluding carboxylic acids is 1. The number of hydrogen-bond donors (Lipinski definition) is 1. The van der Waals surface area contributed by atoms with E-state index in [1.807, 2.05) is 18.2 Å². The summed E-state index contributed by atoms with van der Waals surface area (Å²) in [6.07, 6.45) is 1.12. The van der Waals surface area contributed by atoms with Crippen molar-refractivity contribution in [2.75, 3.05) is 24.7 Å². The number of nitrogens with one attached hydrogen (secondary N) is 1. The number of aryl methyl sites for hydroxylation is 1. The van der Waals surface area contributed by atoms with Gasteiger partial charge in [0.15, 0.2) is 0 Å². The first kappa shape index (κ1) is 21.3. The van der Waals surface area contributed by atoms with Crippen LogP contribution in [-0.2, 0) is 16.6 Å². The Balaban J connectivity index is 1.67. The van der Waals surface area contributed by atoms with Crippen molar-refractivity contribution >= 4 is 21.6 Å². The Hall–Kier alpha value is -3.40. The molecule has 3 aromatic rings. The van der Waals surface area contributed by atoms with Gasteiger partial charge in [-0.05, 0) is 42.8 Å². The highest BCUT2D eigenvalue weighted by atomic mass is 32.2. The third-order valence-electron chi connectivity index (χ3n) is 4.49. The van der Waals surface area contributed by atoms with Crippen LogP contribution < -0.4 is 14.4 Å². The number of anilines is 1. The van der Waals surface area contributed by atoms with Crippen molar-refractivity contribution in [2.45, 2.75) is 13.5 Å². The first-order valence-electron chi connectivity index (χ1n) is 8.99. The molecule has 1 heterocycles. The van der Waals surface area contributed by atoms with Crippen LogP contribution in [0.3, 0.4) is 0 Å². The molecule has 0 bridgehead atoms. The molecule has 0 atom stereocenters. The predicted molar refractivity (Wildman–Crippen MR) is 112 cm³/mol. The van der Waals surface area contributed by atoms with E-state index in [0.717, 1.165) is 11.8 Å². The van der Waals surface area contributed by atoms with Crippen molar-refractivity contribution in [2.24, 2.45) is 0 Å². The maximum atomic E-state index is 12.5. The SMILES string of the molecule is COc1cccc(-c2noc(CNC(=O)c3ccc(N(C)S(C)(=O)=O)c(C)c3)n2)c1. The number of rotatable bonds is 7. The van der Waals surface area contributed by atoms with Crippen LogP contribution in [0.4, 0.5) is 5.69 Å². The van der Waals surface area contributed by atoms with Gasteiger partial charge in [-0.15, -0.1) is 0 Å². The van der Waals surface area contributed by atoms with Crippen LogP contribution in [0.15, 0.2) is 47.0 Å². The fraction of sp³-hybridized carbons (Fsp3) is 0.250. The summed E-state index contributed by atoms with van der Waals surface area (Å²) in [6, 6.07) is 12.0. The lowest BCUT2D eigenvalue weighted by Gasteiger charge is -2.19. The largest absolute Gasteiger partial charge is 0.497 e. The molecule has 1 aromatic heterocycles. The van der Waals surface area contributed by atoms with Crippen molar-refractivity contribution in [1.82, 2.24) is 15.5 Å². The first-order chi connectivity index (χ1) is 14.2. The fourth-order valence-corrected chi connectivity index (χ4v) is 3.35. The number of methoxy groups -OCH3 is 1. The van der Waals surface area contributed by atoms with Gasteiger partial charge in [0, 0.05) is 18.2 Å². The van der Waals surface area contributed by atoms with E-state index in [0.29, 0.717) is 28.4 Å². The molecule has 0 saturated carbocycles. The van der Waals surface area contributed by atoms with E-state index in [1.165, 1.54) is 11.4 Å². The monoisotopic (exact) mass is 430 g/mol. The van der Waals surface area contributed by atoms with E-state index < -0.39 is 10.0 Å². The van der Waals surface area contributed by atoms with Gasteiger partial charge in [-0.1, -0.05) is 17.3 Å². The highest BCUT2D eigenvalue weighted by Gasteiger charge is 2.16. The molecule has 30 heavy (non-hydrogen) atoms. The summed E-state index contributed by atoms with van der Waals surface area (Å²) >= 11 is 0. The molecule has 0 radical (unpaired) electrons. The zero-order valence-electron chi connectivity index (χ0n) is 17.0. The zero-order valence-corrected chi connectivity index (χ0v) is 17.9. The number of ether oxygens (including phenoxy) is 1. The molecule has 0 unspecified atom stereocenters. The maximum absolute atomic E-state index is 12.5. The van der Waals surface area contributed by atoms with E-state index in [9.17, 15) is 13.2 Å². The van der Waals surface area contributed by atoms with Gasteiger partial charge < -0.3 is 14.6 Å². The molecule has 1 amide bonds. The predicted octanol–water partition coefficient (Wildman–Crippen LogP) is 2.38. The summed E-state index contributed by atoms with van der Waals surface area (Å²) in [7, 11) is -0.347. The van der Waals surface area contributed by atoms with Crippen molar-refractivity contribution < 1.29 is 22.5 Å². The Labute approximate surface area is 174 Å². The average molecular weight is 430 g/mol. The van der Waals surface area contributed by atoms with Crippen LogP contribution in [0.25, 0.3) is 11.4 Å². The fourth-order valence-electron chi connectivity index (χ4n) is 2.79. The molecular weight excluding hydrogens is 408 g/mol. The second kappa shape index (κ2) is 8.54. The molecule has 0 saturated heterocycles. The van der Waals surface area contributed by atoms with E-state index in [4.69, 9.17) is 9.26 Å². The number of sulfonamides is 1. The van der Waals surface area contributed by atoms with Crippen LogP contribution in [0, 0.1) is 6.92 Å². The molecule has 1 N–H and O–H groups in total. The van der Waals surface area contributed by atoms with E-state index in [1.54, 1.807) is 38.3 Å². The Morgan fingerprint density at radius 2 is 2.00 bits per heavy atom. The number of benzene rings is 2. The van der Waals surface area contributed by atoms with Gasteiger partial charge in [-0.2, -0.15) is 4.98 Å². The van der Waals surface area contributed by atoms with Crippen LogP contribution in [0.1, 0.15) is 21.8 Å². The third-order valence-corrected chi connectivity index (χ3v) is 5.68. The minimum atomic E-state index is -3.39. The Kier molecular flexibility index (Phi) is 6.06. The lowest BCUT2D eigenvalue weighted by atomic mass is 10.1. The summed E-state index contributed by atoms with van der Waals surface area (Å²) in [5, 5.41) is 6.64. The number of amides is 1. The minimum Gasteiger partial charge on any atom is -0.497 e. The number of carbonyl (C=O) groups is 1. The summed E-state index contributed by atoms with van der Waals surface area (Å²) in [4.78, 5) is 16.7. The smallest absolute Gasteiger partial charge is 0.251 e. The van der Waals surface area contributed by atoms with Gasteiger partial charge in [0.05, 0.1) is 25.6 Å². The third kappa shape index (κ3) is 4.77. The second-order valence-corrected chi connectivity index (χ2v) is 8.67. The molecule has 3 rings (SSSR count). The van der Waals surface area contributed by atoms with Gasteiger partial charge in [0.1, 0.15) is 5.75 Å². The summed E-state index contributed by atoms with van der Waals surface area (Å²) in [5.41, 5.74) is 2.30. The number of aromatic nitrogens is 2. The van der Waals surface area contributed by atoms with E-state index >= 15 is 0 Å². The molecule has 2 aromatic carbocycles. The molecule has 0 fully saturated rings. The van der Waals surface area contributed by atoms with Gasteiger partial charge in [-0.25, -0.2) is 8.42 Å².